The summed E-state index contributed by atoms with van der Waals surface area (Å²) in [6.45, 7) is 3.10. The van der Waals surface area contributed by atoms with Crippen LogP contribution in [-0.4, -0.2) is 41.2 Å². The summed E-state index contributed by atoms with van der Waals surface area (Å²) in [5.74, 6) is -0.0426. The van der Waals surface area contributed by atoms with Crippen LogP contribution < -0.4 is 0 Å². The van der Waals surface area contributed by atoms with Gasteiger partial charge in [0.15, 0.2) is 0 Å². The summed E-state index contributed by atoms with van der Waals surface area (Å²) < 4.78 is 0. The van der Waals surface area contributed by atoms with E-state index < -0.39 is 0 Å². The van der Waals surface area contributed by atoms with E-state index in [1.54, 1.807) is 0 Å². The standard InChI is InChI=1S/C10H17NO2S/c1-8(12)7-10(13)11-5-3-9(14-2)4-6-11/h9H,3-7H2,1-2H3. The van der Waals surface area contributed by atoms with Crippen molar-refractivity contribution in [2.75, 3.05) is 19.3 Å². The van der Waals surface area contributed by atoms with Gasteiger partial charge in [0.05, 0.1) is 6.42 Å². The third-order valence-electron chi connectivity index (χ3n) is 2.53. The average molecular weight is 215 g/mol. The van der Waals surface area contributed by atoms with Crippen LogP contribution in [0.4, 0.5) is 0 Å². The molecule has 0 aromatic rings. The van der Waals surface area contributed by atoms with Crippen LogP contribution in [0.2, 0.25) is 0 Å². The summed E-state index contributed by atoms with van der Waals surface area (Å²) in [7, 11) is 0. The van der Waals surface area contributed by atoms with Gasteiger partial charge in [-0.25, -0.2) is 0 Å². The molecule has 0 N–H and O–H groups in total. The summed E-state index contributed by atoms with van der Waals surface area (Å²) in [5, 5.41) is 0.691. The van der Waals surface area contributed by atoms with Crippen LogP contribution in [0.15, 0.2) is 0 Å². The molecule has 1 heterocycles. The number of rotatable bonds is 3. The van der Waals surface area contributed by atoms with Crippen LogP contribution in [0.5, 0.6) is 0 Å². The summed E-state index contributed by atoms with van der Waals surface area (Å²) in [4.78, 5) is 24.1. The smallest absolute Gasteiger partial charge is 0.230 e. The molecule has 0 aromatic carbocycles. The first kappa shape index (κ1) is 11.6. The molecule has 0 atom stereocenters. The SMILES string of the molecule is CSC1CCN(C(=O)CC(C)=O)CC1. The second-order valence-electron chi connectivity index (χ2n) is 3.69. The molecule has 80 valence electrons. The molecule has 0 unspecified atom stereocenters. The van der Waals surface area contributed by atoms with Gasteiger partial charge in [-0.2, -0.15) is 11.8 Å². The van der Waals surface area contributed by atoms with Crippen LogP contribution in [0, 0.1) is 0 Å². The lowest BCUT2D eigenvalue weighted by molar-refractivity contribution is -0.135. The van der Waals surface area contributed by atoms with Crippen molar-refractivity contribution >= 4 is 23.5 Å². The monoisotopic (exact) mass is 215 g/mol. The maximum Gasteiger partial charge on any atom is 0.230 e. The summed E-state index contributed by atoms with van der Waals surface area (Å²) in [5.41, 5.74) is 0. The molecule has 1 rings (SSSR count). The van der Waals surface area contributed by atoms with Crippen LogP contribution in [0.1, 0.15) is 26.2 Å². The van der Waals surface area contributed by atoms with Gasteiger partial charge >= 0.3 is 0 Å². The zero-order valence-corrected chi connectivity index (χ0v) is 9.60. The first-order valence-corrected chi connectivity index (χ1v) is 6.22. The summed E-state index contributed by atoms with van der Waals surface area (Å²) in [6, 6.07) is 0. The van der Waals surface area contributed by atoms with Crippen molar-refractivity contribution in [1.82, 2.24) is 4.90 Å². The quantitative estimate of drug-likeness (QED) is 0.666. The first-order valence-electron chi connectivity index (χ1n) is 4.93. The molecule has 1 amide bonds. The van der Waals surface area contributed by atoms with Gasteiger partial charge in [0, 0.05) is 18.3 Å². The zero-order valence-electron chi connectivity index (χ0n) is 8.78. The lowest BCUT2D eigenvalue weighted by Gasteiger charge is -2.30. The first-order chi connectivity index (χ1) is 6.63. The van der Waals surface area contributed by atoms with E-state index in [4.69, 9.17) is 0 Å². The number of thioether (sulfide) groups is 1. The molecule has 0 saturated carbocycles. The number of amides is 1. The number of nitrogens with zero attached hydrogens (tertiary/aromatic N) is 1. The predicted molar refractivity (Wildman–Crippen MR) is 58.4 cm³/mol. The predicted octanol–water partition coefficient (Wildman–Crippen LogP) is 1.32. The van der Waals surface area contributed by atoms with Gasteiger partial charge in [0.2, 0.25) is 5.91 Å². The number of carbonyl (C=O) groups excluding carboxylic acids is 2. The lowest BCUT2D eigenvalue weighted by atomic mass is 10.1. The molecule has 1 saturated heterocycles. The molecular formula is C10H17NO2S. The van der Waals surface area contributed by atoms with E-state index >= 15 is 0 Å². The van der Waals surface area contributed by atoms with Crippen LogP contribution in [0.3, 0.4) is 0 Å². The minimum atomic E-state index is -0.0398. The van der Waals surface area contributed by atoms with Gasteiger partial charge in [0.25, 0.3) is 0 Å². The minimum Gasteiger partial charge on any atom is -0.342 e. The molecule has 3 nitrogen and oxygen atoms in total. The van der Waals surface area contributed by atoms with Gasteiger partial charge < -0.3 is 4.90 Å². The molecular weight excluding hydrogens is 198 g/mol. The fourth-order valence-electron chi connectivity index (χ4n) is 1.67. The molecule has 0 radical (unpaired) electrons. The molecule has 1 aliphatic heterocycles. The van der Waals surface area contributed by atoms with Crippen LogP contribution >= 0.6 is 11.8 Å². The van der Waals surface area contributed by atoms with E-state index in [2.05, 4.69) is 6.26 Å². The van der Waals surface area contributed by atoms with Crippen molar-refractivity contribution in [1.29, 1.82) is 0 Å². The Hall–Kier alpha value is -0.510. The van der Waals surface area contributed by atoms with Gasteiger partial charge in [-0.15, -0.1) is 0 Å². The van der Waals surface area contributed by atoms with Crippen molar-refractivity contribution in [3.05, 3.63) is 0 Å². The summed E-state index contributed by atoms with van der Waals surface area (Å²) >= 11 is 1.87. The van der Waals surface area contributed by atoms with E-state index in [1.807, 2.05) is 16.7 Å². The van der Waals surface area contributed by atoms with E-state index in [0.29, 0.717) is 5.25 Å². The van der Waals surface area contributed by atoms with Crippen molar-refractivity contribution < 1.29 is 9.59 Å². The minimum absolute atomic E-state index is 0.00273. The molecule has 1 aliphatic rings. The molecule has 0 aliphatic carbocycles. The fraction of sp³-hybridized carbons (Fsp3) is 0.800. The largest absolute Gasteiger partial charge is 0.342 e. The van der Waals surface area contributed by atoms with Gasteiger partial charge in [-0.1, -0.05) is 0 Å². The average Bonchev–Trinajstić information content (AvgIpc) is 2.17. The van der Waals surface area contributed by atoms with Crippen molar-refractivity contribution in [3.63, 3.8) is 0 Å². The van der Waals surface area contributed by atoms with Crippen molar-refractivity contribution in [2.24, 2.45) is 0 Å². The Balaban J connectivity index is 2.34. The Kier molecular flexibility index (Phi) is 4.45. The van der Waals surface area contributed by atoms with Crippen LogP contribution in [-0.2, 0) is 9.59 Å². The highest BCUT2D eigenvalue weighted by atomic mass is 32.2. The fourth-order valence-corrected chi connectivity index (χ4v) is 2.35. The maximum absolute atomic E-state index is 11.5. The third-order valence-corrected chi connectivity index (χ3v) is 3.67. The second-order valence-corrected chi connectivity index (χ2v) is 4.83. The number of piperidine rings is 1. The Morgan fingerprint density at radius 3 is 2.36 bits per heavy atom. The van der Waals surface area contributed by atoms with Gasteiger partial charge in [-0.3, -0.25) is 9.59 Å². The molecule has 14 heavy (non-hydrogen) atoms. The van der Waals surface area contributed by atoms with E-state index in [0.717, 1.165) is 25.9 Å². The lowest BCUT2D eigenvalue weighted by Crippen LogP contribution is -2.39. The normalized spacial score (nSPS) is 18.3. The number of carbonyl (C=O) groups is 2. The number of ketones is 1. The summed E-state index contributed by atoms with van der Waals surface area (Å²) in [6.07, 6.45) is 4.30. The number of likely N-dealkylation sites (tertiary alicyclic amines) is 1. The molecule has 0 aromatic heterocycles. The zero-order chi connectivity index (χ0) is 10.6. The highest BCUT2D eigenvalue weighted by molar-refractivity contribution is 7.99. The van der Waals surface area contributed by atoms with Gasteiger partial charge in [0.1, 0.15) is 5.78 Å². The Morgan fingerprint density at radius 1 is 1.36 bits per heavy atom. The van der Waals surface area contributed by atoms with Crippen LogP contribution in [0.25, 0.3) is 0 Å². The van der Waals surface area contributed by atoms with E-state index in [1.165, 1.54) is 6.92 Å². The third kappa shape index (κ3) is 3.33. The van der Waals surface area contributed by atoms with Crippen molar-refractivity contribution in [2.45, 2.75) is 31.4 Å². The van der Waals surface area contributed by atoms with E-state index in [-0.39, 0.29) is 18.1 Å². The number of hydrogen-bond donors (Lipinski definition) is 0. The van der Waals surface area contributed by atoms with Crippen molar-refractivity contribution in [3.8, 4) is 0 Å². The molecule has 0 bridgehead atoms. The van der Waals surface area contributed by atoms with Gasteiger partial charge in [-0.05, 0) is 26.0 Å². The Labute approximate surface area is 89.2 Å². The maximum atomic E-state index is 11.5. The number of Topliss-reactive ketones (excluding diaryl/α,β-unsaturated/α-hetero) is 1. The molecule has 1 fully saturated rings. The molecule has 4 heteroatoms. The highest BCUT2D eigenvalue weighted by Crippen LogP contribution is 2.21. The topological polar surface area (TPSA) is 37.4 Å². The Bertz CT molecular complexity index is 222. The Morgan fingerprint density at radius 2 is 1.93 bits per heavy atom. The second kappa shape index (κ2) is 5.39. The molecule has 0 spiro atoms. The highest BCUT2D eigenvalue weighted by Gasteiger charge is 2.22. The van der Waals surface area contributed by atoms with E-state index in [9.17, 15) is 9.59 Å². The number of hydrogen-bond acceptors (Lipinski definition) is 3.